The molecule has 0 bridgehead atoms. The average Bonchev–Trinajstić information content (AvgIpc) is 2.08. The Kier molecular flexibility index (Phi) is 1.45. The molecule has 3 nitrogen and oxygen atoms in total. The van der Waals surface area contributed by atoms with Crippen molar-refractivity contribution in [1.82, 2.24) is 5.48 Å². The van der Waals surface area contributed by atoms with E-state index in [0.29, 0.717) is 6.73 Å². The second-order valence-electron chi connectivity index (χ2n) is 3.13. The zero-order valence-corrected chi connectivity index (χ0v) is 6.06. The molecule has 1 heterocycles. The topological polar surface area (TPSA) is 33.6 Å². The maximum atomic E-state index is 4.83. The molecule has 1 rings (SSSR count). The third-order valence-corrected chi connectivity index (χ3v) is 1.17. The summed E-state index contributed by atoms with van der Waals surface area (Å²) >= 11 is 0. The van der Waals surface area contributed by atoms with Gasteiger partial charge >= 0.3 is 0 Å². The number of hydrogen-bond donors (Lipinski definition) is 1. The van der Waals surface area contributed by atoms with Gasteiger partial charge in [-0.2, -0.15) is 0 Å². The van der Waals surface area contributed by atoms with Gasteiger partial charge in [0.1, 0.15) is 5.84 Å². The number of hydrogen-bond acceptors (Lipinski definition) is 3. The molecule has 0 spiro atoms. The van der Waals surface area contributed by atoms with E-state index in [1.807, 2.05) is 0 Å². The fraction of sp³-hybridized carbons (Fsp3) is 0.833. The molecule has 9 heavy (non-hydrogen) atoms. The lowest BCUT2D eigenvalue weighted by Crippen LogP contribution is -2.30. The largest absolute Gasteiger partial charge is 0.251 e. The summed E-state index contributed by atoms with van der Waals surface area (Å²) in [5, 5.41) is 0. The van der Waals surface area contributed by atoms with Gasteiger partial charge in [0, 0.05) is 5.41 Å². The minimum Gasteiger partial charge on any atom is -0.251 e. The molecule has 0 radical (unpaired) electrons. The van der Waals surface area contributed by atoms with Crippen molar-refractivity contribution in [1.29, 1.82) is 0 Å². The predicted molar refractivity (Wildman–Crippen MR) is 36.0 cm³/mol. The van der Waals surface area contributed by atoms with Crippen LogP contribution in [0.25, 0.3) is 0 Å². The first kappa shape index (κ1) is 6.55. The van der Waals surface area contributed by atoms with Crippen LogP contribution < -0.4 is 5.48 Å². The Morgan fingerprint density at radius 2 is 2.22 bits per heavy atom. The van der Waals surface area contributed by atoms with E-state index in [1.165, 1.54) is 0 Å². The van der Waals surface area contributed by atoms with Gasteiger partial charge in [0.25, 0.3) is 0 Å². The van der Waals surface area contributed by atoms with E-state index in [9.17, 15) is 0 Å². The van der Waals surface area contributed by atoms with Gasteiger partial charge in [-0.1, -0.05) is 20.8 Å². The molecule has 0 saturated carbocycles. The third kappa shape index (κ3) is 1.42. The summed E-state index contributed by atoms with van der Waals surface area (Å²) in [5.74, 6) is 0.933. The Balaban J connectivity index is 2.61. The summed E-state index contributed by atoms with van der Waals surface area (Å²) in [6, 6.07) is 0. The monoisotopic (exact) mass is 128 g/mol. The summed E-state index contributed by atoms with van der Waals surface area (Å²) in [6.07, 6.45) is 0. The Hall–Kier alpha value is -0.570. The van der Waals surface area contributed by atoms with Gasteiger partial charge in [-0.25, -0.2) is 4.99 Å². The number of hydroxylamine groups is 1. The van der Waals surface area contributed by atoms with Crippen LogP contribution in [0.2, 0.25) is 0 Å². The van der Waals surface area contributed by atoms with Crippen LogP contribution in [0.15, 0.2) is 4.99 Å². The van der Waals surface area contributed by atoms with Crippen LogP contribution in [-0.2, 0) is 4.84 Å². The molecule has 1 aliphatic heterocycles. The summed E-state index contributed by atoms with van der Waals surface area (Å²) in [6.45, 7) is 6.72. The molecular formula is C6H12N2O. The molecule has 0 amide bonds. The Labute approximate surface area is 55.1 Å². The van der Waals surface area contributed by atoms with E-state index in [2.05, 4.69) is 31.2 Å². The van der Waals surface area contributed by atoms with Gasteiger partial charge < -0.3 is 0 Å². The van der Waals surface area contributed by atoms with Gasteiger partial charge in [0.2, 0.25) is 0 Å². The first-order valence-corrected chi connectivity index (χ1v) is 3.03. The predicted octanol–water partition coefficient (Wildman–Crippen LogP) is 0.923. The number of rotatable bonds is 0. The molecular weight excluding hydrogens is 116 g/mol. The lowest BCUT2D eigenvalue weighted by molar-refractivity contribution is 0.111. The van der Waals surface area contributed by atoms with Crippen LogP contribution in [0, 0.1) is 5.41 Å². The smallest absolute Gasteiger partial charge is 0.166 e. The quantitative estimate of drug-likeness (QED) is 0.526. The first-order chi connectivity index (χ1) is 4.11. The molecule has 0 atom stereocenters. The highest BCUT2D eigenvalue weighted by Gasteiger charge is 2.21. The van der Waals surface area contributed by atoms with Gasteiger partial charge in [-0.15, -0.1) is 0 Å². The third-order valence-electron chi connectivity index (χ3n) is 1.17. The minimum atomic E-state index is 0.0938. The molecule has 0 fully saturated rings. The number of amidine groups is 1. The maximum absolute atomic E-state index is 4.83. The summed E-state index contributed by atoms with van der Waals surface area (Å²) in [7, 11) is 0. The summed E-state index contributed by atoms with van der Waals surface area (Å²) in [4.78, 5) is 8.92. The highest BCUT2D eigenvalue weighted by atomic mass is 16.7. The van der Waals surface area contributed by atoms with Gasteiger partial charge in [0.15, 0.2) is 6.73 Å². The van der Waals surface area contributed by atoms with E-state index in [0.717, 1.165) is 5.84 Å². The second-order valence-corrected chi connectivity index (χ2v) is 3.13. The van der Waals surface area contributed by atoms with Crippen LogP contribution >= 0.6 is 0 Å². The molecule has 1 aliphatic rings. The molecule has 0 aliphatic carbocycles. The summed E-state index contributed by atoms with van der Waals surface area (Å²) in [5.41, 5.74) is 2.84. The van der Waals surface area contributed by atoms with Crippen molar-refractivity contribution in [2.24, 2.45) is 10.4 Å². The van der Waals surface area contributed by atoms with Gasteiger partial charge in [-0.3, -0.25) is 10.3 Å². The SMILES string of the molecule is CC(C)(C)C1=NCON1. The number of nitrogens with one attached hydrogen (secondary N) is 1. The molecule has 1 N–H and O–H groups in total. The standard InChI is InChI=1S/C6H12N2O/c1-6(2,3)5-7-4-9-8-5/h4H2,1-3H3,(H,7,8). The van der Waals surface area contributed by atoms with E-state index >= 15 is 0 Å². The van der Waals surface area contributed by atoms with Crippen LogP contribution in [-0.4, -0.2) is 12.6 Å². The molecule has 0 aromatic carbocycles. The molecule has 0 unspecified atom stereocenters. The van der Waals surface area contributed by atoms with Gasteiger partial charge in [0.05, 0.1) is 0 Å². The average molecular weight is 128 g/mol. The van der Waals surface area contributed by atoms with E-state index < -0.39 is 0 Å². The van der Waals surface area contributed by atoms with Crippen LogP contribution in [0.5, 0.6) is 0 Å². The van der Waals surface area contributed by atoms with Gasteiger partial charge in [-0.05, 0) is 0 Å². The van der Waals surface area contributed by atoms with Crippen molar-refractivity contribution >= 4 is 5.84 Å². The second kappa shape index (κ2) is 1.99. The Morgan fingerprint density at radius 3 is 2.44 bits per heavy atom. The van der Waals surface area contributed by atoms with Crippen LogP contribution in [0.1, 0.15) is 20.8 Å². The minimum absolute atomic E-state index is 0.0938. The lowest BCUT2D eigenvalue weighted by Gasteiger charge is -2.16. The highest BCUT2D eigenvalue weighted by molar-refractivity contribution is 5.86. The molecule has 3 heteroatoms. The van der Waals surface area contributed by atoms with Crippen molar-refractivity contribution in [3.8, 4) is 0 Å². The van der Waals surface area contributed by atoms with Crippen molar-refractivity contribution in [3.63, 3.8) is 0 Å². The first-order valence-electron chi connectivity index (χ1n) is 3.03. The number of nitrogens with zero attached hydrogens (tertiary/aromatic N) is 1. The van der Waals surface area contributed by atoms with Crippen molar-refractivity contribution in [2.45, 2.75) is 20.8 Å². The highest BCUT2D eigenvalue weighted by Crippen LogP contribution is 2.15. The number of aliphatic imine (C=N–C) groups is 1. The Bertz CT molecular complexity index is 134. The van der Waals surface area contributed by atoms with E-state index in [1.54, 1.807) is 0 Å². The maximum Gasteiger partial charge on any atom is 0.166 e. The van der Waals surface area contributed by atoms with Crippen molar-refractivity contribution in [3.05, 3.63) is 0 Å². The zero-order valence-electron chi connectivity index (χ0n) is 6.06. The van der Waals surface area contributed by atoms with Crippen molar-refractivity contribution < 1.29 is 4.84 Å². The zero-order chi connectivity index (χ0) is 6.91. The van der Waals surface area contributed by atoms with E-state index in [4.69, 9.17) is 4.84 Å². The van der Waals surface area contributed by atoms with Crippen molar-refractivity contribution in [2.75, 3.05) is 6.73 Å². The fourth-order valence-electron chi connectivity index (χ4n) is 0.620. The lowest BCUT2D eigenvalue weighted by atomic mass is 9.95. The summed E-state index contributed by atoms with van der Waals surface area (Å²) < 4.78 is 0. The fourth-order valence-corrected chi connectivity index (χ4v) is 0.620. The Morgan fingerprint density at radius 1 is 1.56 bits per heavy atom. The van der Waals surface area contributed by atoms with Crippen LogP contribution in [0.3, 0.4) is 0 Å². The molecule has 0 saturated heterocycles. The van der Waals surface area contributed by atoms with E-state index in [-0.39, 0.29) is 5.41 Å². The molecule has 0 aromatic rings. The molecule has 0 aromatic heterocycles. The normalized spacial score (nSPS) is 19.2. The molecule has 52 valence electrons. The van der Waals surface area contributed by atoms with Crippen LogP contribution in [0.4, 0.5) is 0 Å².